The Morgan fingerprint density at radius 1 is 1.22 bits per heavy atom. The number of piperidine rings is 1. The number of nitrogens with zero attached hydrogens (tertiary/aromatic N) is 3. The Morgan fingerprint density at radius 3 is 2.56 bits per heavy atom. The maximum absolute atomic E-state index is 12.5. The summed E-state index contributed by atoms with van der Waals surface area (Å²) in [6.07, 6.45) is 3.53. The van der Waals surface area contributed by atoms with Crippen LogP contribution in [-0.2, 0) is 17.8 Å². The Labute approximate surface area is 162 Å². The summed E-state index contributed by atoms with van der Waals surface area (Å²) in [6.45, 7) is 6.35. The molecule has 1 saturated heterocycles. The van der Waals surface area contributed by atoms with Crippen molar-refractivity contribution in [3.63, 3.8) is 0 Å². The van der Waals surface area contributed by atoms with Gasteiger partial charge >= 0.3 is 0 Å². The van der Waals surface area contributed by atoms with Gasteiger partial charge in [-0.15, -0.1) is 0 Å². The van der Waals surface area contributed by atoms with Crippen molar-refractivity contribution in [3.05, 3.63) is 53.3 Å². The fraction of sp³-hybridized carbons (Fsp3) is 0.545. The van der Waals surface area contributed by atoms with Crippen molar-refractivity contribution in [1.29, 1.82) is 0 Å². The molecule has 1 aliphatic heterocycles. The number of likely N-dealkylation sites (tertiary alicyclic amines) is 1. The van der Waals surface area contributed by atoms with Crippen molar-refractivity contribution in [1.82, 2.24) is 14.7 Å². The largest absolute Gasteiger partial charge is 0.392 e. The summed E-state index contributed by atoms with van der Waals surface area (Å²) in [5.74, 6) is 0.511. The quantitative estimate of drug-likeness (QED) is 0.816. The first-order valence-corrected chi connectivity index (χ1v) is 10.0. The molecule has 1 N–H and O–H groups in total. The minimum atomic E-state index is -0.323. The third kappa shape index (κ3) is 5.42. The van der Waals surface area contributed by atoms with Gasteiger partial charge in [-0.05, 0) is 57.1 Å². The molecule has 0 aliphatic carbocycles. The molecule has 3 rings (SSSR count). The Balaban J connectivity index is 1.39. The van der Waals surface area contributed by atoms with Gasteiger partial charge in [0.05, 0.1) is 11.8 Å². The average Bonchev–Trinajstić information content (AvgIpc) is 2.99. The number of aliphatic hydroxyl groups excluding tert-OH is 1. The Morgan fingerprint density at radius 2 is 1.93 bits per heavy atom. The topological polar surface area (TPSA) is 58.4 Å². The van der Waals surface area contributed by atoms with Gasteiger partial charge in [-0.3, -0.25) is 9.48 Å². The third-order valence-electron chi connectivity index (χ3n) is 5.59. The van der Waals surface area contributed by atoms with Crippen molar-refractivity contribution < 1.29 is 9.90 Å². The lowest BCUT2D eigenvalue weighted by Crippen LogP contribution is -2.41. The summed E-state index contributed by atoms with van der Waals surface area (Å²) >= 11 is 0. The monoisotopic (exact) mass is 369 g/mol. The minimum absolute atomic E-state index is 0.229. The molecule has 0 radical (unpaired) electrons. The first kappa shape index (κ1) is 19.6. The molecule has 1 fully saturated rings. The van der Waals surface area contributed by atoms with E-state index >= 15 is 0 Å². The molecular formula is C22H31N3O2. The highest BCUT2D eigenvalue weighted by molar-refractivity contribution is 5.76. The fourth-order valence-corrected chi connectivity index (χ4v) is 4.00. The van der Waals surface area contributed by atoms with Gasteiger partial charge in [-0.25, -0.2) is 0 Å². The van der Waals surface area contributed by atoms with E-state index in [0.29, 0.717) is 12.8 Å². The molecule has 1 aromatic carbocycles. The zero-order chi connectivity index (χ0) is 19.2. The summed E-state index contributed by atoms with van der Waals surface area (Å²) in [6, 6.07) is 12.2. The van der Waals surface area contributed by atoms with Crippen LogP contribution in [0, 0.1) is 19.8 Å². The first-order chi connectivity index (χ1) is 13.0. The number of aliphatic hydroxyl groups is 1. The number of rotatable bonds is 7. The first-order valence-electron chi connectivity index (χ1n) is 10.0. The van der Waals surface area contributed by atoms with Crippen molar-refractivity contribution in [2.45, 2.75) is 58.6 Å². The van der Waals surface area contributed by atoms with Gasteiger partial charge in [-0.1, -0.05) is 30.3 Å². The van der Waals surface area contributed by atoms with E-state index < -0.39 is 0 Å². The molecule has 1 aromatic heterocycles. The predicted molar refractivity (Wildman–Crippen MR) is 106 cm³/mol. The molecule has 1 amide bonds. The number of benzene rings is 1. The number of aryl methyl sites for hydroxylation is 3. The third-order valence-corrected chi connectivity index (χ3v) is 5.59. The van der Waals surface area contributed by atoms with Crippen molar-refractivity contribution in [2.24, 2.45) is 5.92 Å². The van der Waals surface area contributed by atoms with Gasteiger partial charge in [0.1, 0.15) is 0 Å². The number of hydrogen-bond donors (Lipinski definition) is 1. The lowest BCUT2D eigenvalue weighted by atomic mass is 9.88. The van der Waals surface area contributed by atoms with E-state index in [1.54, 1.807) is 0 Å². The van der Waals surface area contributed by atoms with Gasteiger partial charge in [0.2, 0.25) is 5.91 Å². The van der Waals surface area contributed by atoms with E-state index in [0.717, 1.165) is 50.3 Å². The van der Waals surface area contributed by atoms with E-state index in [-0.39, 0.29) is 17.9 Å². The summed E-state index contributed by atoms with van der Waals surface area (Å²) < 4.78 is 1.98. The number of carbonyl (C=O) groups excluding carboxylic acids is 1. The van der Waals surface area contributed by atoms with E-state index in [9.17, 15) is 9.90 Å². The predicted octanol–water partition coefficient (Wildman–Crippen LogP) is 3.12. The summed E-state index contributed by atoms with van der Waals surface area (Å²) in [5, 5.41) is 15.0. The summed E-state index contributed by atoms with van der Waals surface area (Å²) in [5.41, 5.74) is 3.34. The molecule has 2 heterocycles. The molecule has 5 heteroatoms. The maximum Gasteiger partial charge on any atom is 0.222 e. The van der Waals surface area contributed by atoms with Crippen LogP contribution in [0.1, 0.15) is 42.6 Å². The van der Waals surface area contributed by atoms with Crippen LogP contribution in [0.3, 0.4) is 0 Å². The van der Waals surface area contributed by atoms with Crippen molar-refractivity contribution >= 4 is 5.91 Å². The van der Waals surface area contributed by atoms with Crippen LogP contribution in [0.5, 0.6) is 0 Å². The van der Waals surface area contributed by atoms with E-state index in [4.69, 9.17) is 0 Å². The Bertz CT molecular complexity index is 733. The molecule has 1 atom stereocenters. The highest BCUT2D eigenvalue weighted by Crippen LogP contribution is 2.23. The van der Waals surface area contributed by atoms with Crippen LogP contribution in [0.4, 0.5) is 0 Å². The molecule has 1 aliphatic rings. The van der Waals surface area contributed by atoms with E-state index in [1.807, 2.05) is 41.6 Å². The Kier molecular flexibility index (Phi) is 6.67. The van der Waals surface area contributed by atoms with Gasteiger partial charge < -0.3 is 10.0 Å². The SMILES string of the molecule is Cc1cc(C)n(CCCC(=O)N2CCC([C@H](O)Cc3ccccc3)CC2)n1. The maximum atomic E-state index is 12.5. The van der Waals surface area contributed by atoms with Crippen molar-refractivity contribution in [2.75, 3.05) is 13.1 Å². The van der Waals surface area contributed by atoms with E-state index in [2.05, 4.69) is 23.3 Å². The highest BCUT2D eigenvalue weighted by atomic mass is 16.3. The minimum Gasteiger partial charge on any atom is -0.392 e. The van der Waals surface area contributed by atoms with Crippen LogP contribution >= 0.6 is 0 Å². The number of aromatic nitrogens is 2. The second kappa shape index (κ2) is 9.18. The number of amides is 1. The van der Waals surface area contributed by atoms with Gasteiger partial charge in [0.15, 0.2) is 0 Å². The normalized spacial score (nSPS) is 16.5. The Hall–Kier alpha value is -2.14. The lowest BCUT2D eigenvalue weighted by molar-refractivity contribution is -0.133. The van der Waals surface area contributed by atoms with Crippen LogP contribution in [-0.4, -0.2) is 44.9 Å². The van der Waals surface area contributed by atoms with Crippen LogP contribution in [0.25, 0.3) is 0 Å². The second-order valence-electron chi connectivity index (χ2n) is 7.73. The molecule has 27 heavy (non-hydrogen) atoms. The fourth-order valence-electron chi connectivity index (χ4n) is 4.00. The molecule has 0 unspecified atom stereocenters. The van der Waals surface area contributed by atoms with Crippen LogP contribution < -0.4 is 0 Å². The number of hydrogen-bond acceptors (Lipinski definition) is 3. The molecule has 0 saturated carbocycles. The molecule has 5 nitrogen and oxygen atoms in total. The van der Waals surface area contributed by atoms with Gasteiger partial charge in [0, 0.05) is 31.7 Å². The summed E-state index contributed by atoms with van der Waals surface area (Å²) in [7, 11) is 0. The second-order valence-corrected chi connectivity index (χ2v) is 7.73. The van der Waals surface area contributed by atoms with Gasteiger partial charge in [-0.2, -0.15) is 5.10 Å². The zero-order valence-corrected chi connectivity index (χ0v) is 16.5. The van der Waals surface area contributed by atoms with Crippen LogP contribution in [0.2, 0.25) is 0 Å². The summed E-state index contributed by atoms with van der Waals surface area (Å²) in [4.78, 5) is 14.4. The van der Waals surface area contributed by atoms with Crippen LogP contribution in [0.15, 0.2) is 36.4 Å². The molecular weight excluding hydrogens is 338 g/mol. The zero-order valence-electron chi connectivity index (χ0n) is 16.5. The van der Waals surface area contributed by atoms with Gasteiger partial charge in [0.25, 0.3) is 0 Å². The lowest BCUT2D eigenvalue weighted by Gasteiger charge is -2.34. The average molecular weight is 370 g/mol. The smallest absolute Gasteiger partial charge is 0.222 e. The molecule has 0 spiro atoms. The van der Waals surface area contributed by atoms with Crippen molar-refractivity contribution in [3.8, 4) is 0 Å². The molecule has 0 bridgehead atoms. The number of carbonyl (C=O) groups is 1. The van der Waals surface area contributed by atoms with E-state index in [1.165, 1.54) is 5.56 Å². The highest BCUT2D eigenvalue weighted by Gasteiger charge is 2.27. The standard InChI is InChI=1S/C22H31N3O2/c1-17-15-18(2)25(23-17)12-6-9-22(27)24-13-10-20(11-14-24)21(26)16-19-7-4-3-5-8-19/h3-5,7-8,15,20-21,26H,6,9-14,16H2,1-2H3/t21-/m1/s1. The molecule has 146 valence electrons. The molecule has 2 aromatic rings.